The first-order chi connectivity index (χ1) is 13.7. The molecule has 2 heterocycles. The Morgan fingerprint density at radius 1 is 0.964 bits per heavy atom. The van der Waals surface area contributed by atoms with Gasteiger partial charge < -0.3 is 14.6 Å². The highest BCUT2D eigenvalue weighted by molar-refractivity contribution is 6.30. The van der Waals surface area contributed by atoms with Gasteiger partial charge in [0.05, 0.1) is 0 Å². The summed E-state index contributed by atoms with van der Waals surface area (Å²) in [7, 11) is 0. The number of hydrogen-bond donors (Lipinski definition) is 1. The van der Waals surface area contributed by atoms with Gasteiger partial charge in [-0.05, 0) is 60.7 Å². The molecule has 0 saturated heterocycles. The number of ether oxygens (including phenoxy) is 1. The zero-order valence-corrected chi connectivity index (χ0v) is 15.4. The first-order valence-corrected chi connectivity index (χ1v) is 8.85. The number of anilines is 1. The van der Waals surface area contributed by atoms with Crippen LogP contribution in [0.1, 0.15) is 10.4 Å². The number of amides is 1. The molecule has 4 aromatic rings. The van der Waals surface area contributed by atoms with Gasteiger partial charge in [-0.2, -0.15) is 0 Å². The quantitative estimate of drug-likeness (QED) is 0.522. The minimum absolute atomic E-state index is 0.211. The molecule has 7 heteroatoms. The summed E-state index contributed by atoms with van der Waals surface area (Å²) in [5.41, 5.74) is 1.19. The number of halogens is 1. The summed E-state index contributed by atoms with van der Waals surface area (Å²) in [6, 6.07) is 19.3. The van der Waals surface area contributed by atoms with Crippen molar-refractivity contribution in [1.82, 2.24) is 14.5 Å². The Hall–Kier alpha value is -3.64. The first-order valence-electron chi connectivity index (χ1n) is 8.48. The van der Waals surface area contributed by atoms with Gasteiger partial charge in [0.1, 0.15) is 17.9 Å². The first kappa shape index (κ1) is 17.8. The summed E-state index contributed by atoms with van der Waals surface area (Å²) in [6.07, 6.45) is 5.24. The Morgan fingerprint density at radius 2 is 1.68 bits per heavy atom. The molecule has 0 bridgehead atoms. The molecular formula is C21H15ClN4O2. The van der Waals surface area contributed by atoms with Crippen LogP contribution < -0.4 is 10.1 Å². The number of rotatable bonds is 5. The topological polar surface area (TPSA) is 69.0 Å². The van der Waals surface area contributed by atoms with E-state index in [0.29, 0.717) is 33.7 Å². The molecular weight excluding hydrogens is 376 g/mol. The number of nitrogens with one attached hydrogen (secondary N) is 1. The standard InChI is InChI=1S/C21H15ClN4O2/c22-16-5-3-15(4-6-16)21(27)25-17-7-9-18(10-8-17)28-20-13-19(23-14-24-20)26-11-1-2-12-26/h1-14H,(H,25,27). The summed E-state index contributed by atoms with van der Waals surface area (Å²) in [5.74, 6) is 1.53. The fourth-order valence-electron chi connectivity index (χ4n) is 2.55. The number of aromatic nitrogens is 3. The average molecular weight is 391 g/mol. The normalized spacial score (nSPS) is 10.5. The summed E-state index contributed by atoms with van der Waals surface area (Å²) in [6.45, 7) is 0. The van der Waals surface area contributed by atoms with Gasteiger partial charge in [0.25, 0.3) is 5.91 Å². The van der Waals surface area contributed by atoms with Crippen LogP contribution in [0.4, 0.5) is 5.69 Å². The van der Waals surface area contributed by atoms with Crippen LogP contribution in [0.3, 0.4) is 0 Å². The molecule has 0 spiro atoms. The lowest BCUT2D eigenvalue weighted by molar-refractivity contribution is 0.102. The van der Waals surface area contributed by atoms with Crippen LogP contribution >= 0.6 is 11.6 Å². The van der Waals surface area contributed by atoms with Crippen molar-refractivity contribution in [3.05, 3.63) is 96.0 Å². The molecule has 2 aromatic carbocycles. The van der Waals surface area contributed by atoms with E-state index in [-0.39, 0.29) is 5.91 Å². The Kier molecular flexibility index (Phi) is 5.03. The van der Waals surface area contributed by atoms with Crippen LogP contribution in [0.15, 0.2) is 85.5 Å². The van der Waals surface area contributed by atoms with Crippen molar-refractivity contribution < 1.29 is 9.53 Å². The molecule has 2 aromatic heterocycles. The molecule has 138 valence electrons. The predicted molar refractivity (Wildman–Crippen MR) is 107 cm³/mol. The smallest absolute Gasteiger partial charge is 0.255 e. The van der Waals surface area contributed by atoms with Crippen molar-refractivity contribution >= 4 is 23.2 Å². The van der Waals surface area contributed by atoms with Crippen molar-refractivity contribution in [2.75, 3.05) is 5.32 Å². The van der Waals surface area contributed by atoms with E-state index in [9.17, 15) is 4.79 Å². The van der Waals surface area contributed by atoms with Crippen molar-refractivity contribution in [2.45, 2.75) is 0 Å². The largest absolute Gasteiger partial charge is 0.439 e. The number of hydrogen-bond acceptors (Lipinski definition) is 4. The number of benzene rings is 2. The molecule has 0 aliphatic heterocycles. The highest BCUT2D eigenvalue weighted by Crippen LogP contribution is 2.23. The maximum atomic E-state index is 12.2. The second-order valence-corrected chi connectivity index (χ2v) is 6.33. The molecule has 0 saturated carbocycles. The Morgan fingerprint density at radius 3 is 2.39 bits per heavy atom. The van der Waals surface area contributed by atoms with Crippen molar-refractivity contribution in [3.63, 3.8) is 0 Å². The summed E-state index contributed by atoms with van der Waals surface area (Å²) >= 11 is 5.84. The van der Waals surface area contributed by atoms with Crippen molar-refractivity contribution in [3.8, 4) is 17.4 Å². The van der Waals surface area contributed by atoms with E-state index >= 15 is 0 Å². The second-order valence-electron chi connectivity index (χ2n) is 5.89. The van der Waals surface area contributed by atoms with Gasteiger partial charge in [0.15, 0.2) is 0 Å². The number of carbonyl (C=O) groups excluding carboxylic acids is 1. The Balaban J connectivity index is 1.43. The van der Waals surface area contributed by atoms with Crippen molar-refractivity contribution in [1.29, 1.82) is 0 Å². The minimum atomic E-state index is -0.211. The van der Waals surface area contributed by atoms with Gasteiger partial charge in [-0.15, -0.1) is 0 Å². The van der Waals surface area contributed by atoms with Gasteiger partial charge >= 0.3 is 0 Å². The SMILES string of the molecule is O=C(Nc1ccc(Oc2cc(-n3cccc3)ncn2)cc1)c1ccc(Cl)cc1. The van der Waals surface area contributed by atoms with E-state index in [1.54, 1.807) is 54.6 Å². The third kappa shape index (κ3) is 4.19. The monoisotopic (exact) mass is 390 g/mol. The van der Waals surface area contributed by atoms with Crippen LogP contribution in [0, 0.1) is 0 Å². The van der Waals surface area contributed by atoms with E-state index in [2.05, 4.69) is 15.3 Å². The fraction of sp³-hybridized carbons (Fsp3) is 0. The zero-order valence-electron chi connectivity index (χ0n) is 14.6. The average Bonchev–Trinajstić information content (AvgIpc) is 3.25. The van der Waals surface area contributed by atoms with E-state index in [0.717, 1.165) is 0 Å². The highest BCUT2D eigenvalue weighted by atomic mass is 35.5. The molecule has 1 amide bonds. The third-order valence-corrected chi connectivity index (χ3v) is 4.19. The molecule has 0 aliphatic rings. The van der Waals surface area contributed by atoms with Gasteiger partial charge in [-0.25, -0.2) is 9.97 Å². The van der Waals surface area contributed by atoms with Gasteiger partial charge in [0, 0.05) is 34.7 Å². The lowest BCUT2D eigenvalue weighted by Crippen LogP contribution is -2.11. The van der Waals surface area contributed by atoms with E-state index in [4.69, 9.17) is 16.3 Å². The van der Waals surface area contributed by atoms with Gasteiger partial charge in [-0.3, -0.25) is 4.79 Å². The maximum absolute atomic E-state index is 12.2. The Bertz CT molecular complexity index is 1080. The number of nitrogens with zero attached hydrogens (tertiary/aromatic N) is 3. The molecule has 4 rings (SSSR count). The maximum Gasteiger partial charge on any atom is 0.255 e. The summed E-state index contributed by atoms with van der Waals surface area (Å²) in [4.78, 5) is 20.6. The lowest BCUT2D eigenvalue weighted by atomic mass is 10.2. The van der Waals surface area contributed by atoms with Gasteiger partial charge in [-0.1, -0.05) is 11.6 Å². The zero-order chi connectivity index (χ0) is 19.3. The van der Waals surface area contributed by atoms with E-state index in [1.807, 2.05) is 29.1 Å². The van der Waals surface area contributed by atoms with Crippen LogP contribution in [0.25, 0.3) is 5.82 Å². The third-order valence-electron chi connectivity index (χ3n) is 3.94. The molecule has 0 fully saturated rings. The second kappa shape index (κ2) is 7.94. The molecule has 0 unspecified atom stereocenters. The number of carbonyl (C=O) groups is 1. The highest BCUT2D eigenvalue weighted by Gasteiger charge is 2.07. The molecule has 1 N–H and O–H groups in total. The minimum Gasteiger partial charge on any atom is -0.439 e. The molecule has 0 aliphatic carbocycles. The van der Waals surface area contributed by atoms with Crippen LogP contribution in [0.2, 0.25) is 5.02 Å². The molecule has 28 heavy (non-hydrogen) atoms. The Labute approximate surface area is 166 Å². The molecule has 0 atom stereocenters. The van der Waals surface area contributed by atoms with Crippen LogP contribution in [0.5, 0.6) is 11.6 Å². The van der Waals surface area contributed by atoms with E-state index < -0.39 is 0 Å². The van der Waals surface area contributed by atoms with E-state index in [1.165, 1.54) is 6.33 Å². The molecule has 0 radical (unpaired) electrons. The summed E-state index contributed by atoms with van der Waals surface area (Å²) < 4.78 is 7.65. The van der Waals surface area contributed by atoms with Crippen LogP contribution in [-0.2, 0) is 0 Å². The van der Waals surface area contributed by atoms with Gasteiger partial charge in [0.2, 0.25) is 5.88 Å². The van der Waals surface area contributed by atoms with Crippen LogP contribution in [-0.4, -0.2) is 20.4 Å². The van der Waals surface area contributed by atoms with Crippen molar-refractivity contribution in [2.24, 2.45) is 0 Å². The summed E-state index contributed by atoms with van der Waals surface area (Å²) in [5, 5.41) is 3.42. The predicted octanol–water partition coefficient (Wildman–Crippen LogP) is 4.97. The molecule has 6 nitrogen and oxygen atoms in total. The lowest BCUT2D eigenvalue weighted by Gasteiger charge is -2.09. The fourth-order valence-corrected chi connectivity index (χ4v) is 2.67.